The van der Waals surface area contributed by atoms with E-state index in [9.17, 15) is 9.59 Å². The Labute approximate surface area is 95.3 Å². The van der Waals surface area contributed by atoms with Crippen LogP contribution in [0.25, 0.3) is 0 Å². The Morgan fingerprint density at radius 2 is 2.24 bits per heavy atom. The van der Waals surface area contributed by atoms with Gasteiger partial charge in [0.25, 0.3) is 5.56 Å². The van der Waals surface area contributed by atoms with Crippen molar-refractivity contribution in [2.24, 2.45) is 0 Å². The van der Waals surface area contributed by atoms with Gasteiger partial charge in [0.15, 0.2) is 0 Å². The van der Waals surface area contributed by atoms with Crippen LogP contribution < -0.4 is 5.56 Å². The topological polar surface area (TPSA) is 98.2 Å². The third-order valence-corrected chi connectivity index (χ3v) is 2.13. The lowest BCUT2D eigenvalue weighted by atomic mass is 10.3. The molecule has 0 amide bonds. The molecule has 2 rings (SSSR count). The second-order valence-corrected chi connectivity index (χ2v) is 3.36. The van der Waals surface area contributed by atoms with E-state index in [2.05, 4.69) is 10.2 Å². The van der Waals surface area contributed by atoms with Crippen LogP contribution >= 0.6 is 0 Å². The van der Waals surface area contributed by atoms with Crippen molar-refractivity contribution in [1.29, 1.82) is 0 Å². The molecule has 0 atom stereocenters. The summed E-state index contributed by atoms with van der Waals surface area (Å²) in [5.74, 6) is -0.627. The number of nitrogens with zero attached hydrogens (tertiary/aromatic N) is 3. The van der Waals surface area contributed by atoms with Crippen molar-refractivity contribution in [3.05, 3.63) is 46.0 Å². The van der Waals surface area contributed by atoms with Crippen molar-refractivity contribution >= 4 is 5.97 Å². The van der Waals surface area contributed by atoms with Gasteiger partial charge in [-0.1, -0.05) is 6.07 Å². The molecule has 7 nitrogen and oxygen atoms in total. The molecule has 88 valence electrons. The number of carboxylic acid groups (broad SMARTS) is 1. The van der Waals surface area contributed by atoms with E-state index >= 15 is 0 Å². The Hall–Kier alpha value is -2.44. The van der Waals surface area contributed by atoms with Crippen molar-refractivity contribution in [1.82, 2.24) is 14.8 Å². The average molecular weight is 235 g/mol. The highest BCUT2D eigenvalue weighted by Crippen LogP contribution is 2.03. The zero-order valence-electron chi connectivity index (χ0n) is 8.95. The van der Waals surface area contributed by atoms with E-state index in [1.165, 1.54) is 18.2 Å². The van der Waals surface area contributed by atoms with E-state index in [0.29, 0.717) is 5.89 Å². The molecule has 0 aliphatic heterocycles. The van der Waals surface area contributed by atoms with Crippen LogP contribution in [-0.4, -0.2) is 25.8 Å². The minimum atomic E-state index is -1.18. The highest BCUT2D eigenvalue weighted by Gasteiger charge is 2.13. The van der Waals surface area contributed by atoms with Crippen LogP contribution in [0.15, 0.2) is 27.4 Å². The Kier molecular flexibility index (Phi) is 2.73. The summed E-state index contributed by atoms with van der Waals surface area (Å²) >= 11 is 0. The molecule has 0 spiro atoms. The number of carboxylic acids is 1. The summed E-state index contributed by atoms with van der Waals surface area (Å²) in [5, 5.41) is 16.3. The molecule has 0 fully saturated rings. The molecule has 0 unspecified atom stereocenters. The summed E-state index contributed by atoms with van der Waals surface area (Å²) in [5.41, 5.74) is -0.547. The fraction of sp³-hybridized carbons (Fsp3) is 0.200. The van der Waals surface area contributed by atoms with Gasteiger partial charge < -0.3 is 9.52 Å². The number of hydrogen-bond donors (Lipinski definition) is 1. The predicted molar refractivity (Wildman–Crippen MR) is 55.8 cm³/mol. The van der Waals surface area contributed by atoms with Crippen LogP contribution in [0.1, 0.15) is 22.3 Å². The monoisotopic (exact) mass is 235 g/mol. The molecule has 0 radical (unpaired) electrons. The number of hydrogen-bond acceptors (Lipinski definition) is 5. The Morgan fingerprint density at radius 3 is 2.82 bits per heavy atom. The van der Waals surface area contributed by atoms with Crippen molar-refractivity contribution < 1.29 is 14.3 Å². The highest BCUT2D eigenvalue weighted by atomic mass is 16.4. The van der Waals surface area contributed by atoms with Crippen LogP contribution in [-0.2, 0) is 6.54 Å². The molecule has 0 saturated carbocycles. The molecule has 0 saturated heterocycles. The quantitative estimate of drug-likeness (QED) is 0.820. The van der Waals surface area contributed by atoms with Gasteiger partial charge in [0, 0.05) is 13.0 Å². The lowest BCUT2D eigenvalue weighted by Crippen LogP contribution is -2.25. The molecule has 17 heavy (non-hydrogen) atoms. The summed E-state index contributed by atoms with van der Waals surface area (Å²) in [6.07, 6.45) is 0. The van der Waals surface area contributed by atoms with Crippen molar-refractivity contribution in [3.8, 4) is 0 Å². The van der Waals surface area contributed by atoms with Gasteiger partial charge in [-0.15, -0.1) is 10.2 Å². The van der Waals surface area contributed by atoms with Crippen molar-refractivity contribution in [2.45, 2.75) is 13.5 Å². The third kappa shape index (κ3) is 2.22. The number of carbonyl (C=O) groups is 1. The van der Waals surface area contributed by atoms with Gasteiger partial charge in [0.1, 0.15) is 12.2 Å². The highest BCUT2D eigenvalue weighted by molar-refractivity contribution is 5.85. The molecule has 0 aliphatic carbocycles. The normalized spacial score (nSPS) is 10.4. The van der Waals surface area contributed by atoms with Gasteiger partial charge in [-0.05, 0) is 6.07 Å². The molecular weight excluding hydrogens is 226 g/mol. The molecule has 2 heterocycles. The van der Waals surface area contributed by atoms with Crippen LogP contribution in [0.3, 0.4) is 0 Å². The molecule has 0 aromatic carbocycles. The van der Waals surface area contributed by atoms with E-state index in [4.69, 9.17) is 9.52 Å². The molecule has 2 aromatic heterocycles. The molecule has 7 heteroatoms. The van der Waals surface area contributed by atoms with Crippen molar-refractivity contribution in [3.63, 3.8) is 0 Å². The van der Waals surface area contributed by atoms with Crippen LogP contribution in [0.4, 0.5) is 0 Å². The number of aromatic nitrogens is 3. The Bertz CT molecular complexity index is 614. The average Bonchev–Trinajstić information content (AvgIpc) is 2.67. The molecule has 0 bridgehead atoms. The molecular formula is C10H9N3O4. The molecule has 0 aliphatic rings. The van der Waals surface area contributed by atoms with Crippen LogP contribution in [0.2, 0.25) is 0 Å². The lowest BCUT2D eigenvalue weighted by molar-refractivity contribution is 0.0683. The Balaban J connectivity index is 2.44. The van der Waals surface area contributed by atoms with E-state index in [1.54, 1.807) is 6.92 Å². The fourth-order valence-electron chi connectivity index (χ4n) is 1.41. The van der Waals surface area contributed by atoms with Gasteiger partial charge in [-0.25, -0.2) is 4.79 Å². The van der Waals surface area contributed by atoms with E-state index in [1.807, 2.05) is 0 Å². The van der Waals surface area contributed by atoms with E-state index in [-0.39, 0.29) is 18.1 Å². The maximum absolute atomic E-state index is 11.6. The minimum absolute atomic E-state index is 0.0534. The molecule has 2 aromatic rings. The van der Waals surface area contributed by atoms with Crippen molar-refractivity contribution in [2.75, 3.05) is 0 Å². The SMILES string of the molecule is Cc1nnc(Cn2c(C(=O)O)cccc2=O)o1. The summed E-state index contributed by atoms with van der Waals surface area (Å²) in [7, 11) is 0. The van der Waals surface area contributed by atoms with Gasteiger partial charge >= 0.3 is 5.97 Å². The smallest absolute Gasteiger partial charge is 0.352 e. The maximum atomic E-state index is 11.6. The lowest BCUT2D eigenvalue weighted by Gasteiger charge is -2.05. The van der Waals surface area contributed by atoms with E-state index in [0.717, 1.165) is 4.57 Å². The Morgan fingerprint density at radius 1 is 1.47 bits per heavy atom. The van der Waals surface area contributed by atoms with Crippen LogP contribution in [0.5, 0.6) is 0 Å². The number of aryl methyl sites for hydroxylation is 1. The third-order valence-electron chi connectivity index (χ3n) is 2.13. The van der Waals surface area contributed by atoms with Gasteiger partial charge in [-0.3, -0.25) is 9.36 Å². The zero-order chi connectivity index (χ0) is 12.4. The summed E-state index contributed by atoms with van der Waals surface area (Å²) < 4.78 is 6.17. The zero-order valence-corrected chi connectivity index (χ0v) is 8.95. The standard InChI is InChI=1S/C10H9N3O4/c1-6-11-12-8(17-6)5-13-7(10(15)16)3-2-4-9(13)14/h2-4H,5H2,1H3,(H,15,16). The van der Waals surface area contributed by atoms with Crippen LogP contribution in [0, 0.1) is 6.92 Å². The number of rotatable bonds is 3. The van der Waals surface area contributed by atoms with Gasteiger partial charge in [0.2, 0.25) is 11.8 Å². The first-order valence-corrected chi connectivity index (χ1v) is 4.80. The van der Waals surface area contributed by atoms with E-state index < -0.39 is 11.5 Å². The second-order valence-electron chi connectivity index (χ2n) is 3.36. The van der Waals surface area contributed by atoms with Gasteiger partial charge in [-0.2, -0.15) is 0 Å². The second kappa shape index (κ2) is 4.20. The number of pyridine rings is 1. The molecule has 1 N–H and O–H groups in total. The van der Waals surface area contributed by atoms with Gasteiger partial charge in [0.05, 0.1) is 0 Å². The minimum Gasteiger partial charge on any atom is -0.477 e. The first-order valence-electron chi connectivity index (χ1n) is 4.80. The first kappa shape index (κ1) is 11.1. The number of aromatic carboxylic acids is 1. The largest absolute Gasteiger partial charge is 0.477 e. The first-order chi connectivity index (χ1) is 8.08. The summed E-state index contributed by atoms with van der Waals surface area (Å²) in [4.78, 5) is 22.5. The summed E-state index contributed by atoms with van der Waals surface area (Å²) in [6.45, 7) is 1.56. The summed E-state index contributed by atoms with van der Waals surface area (Å²) in [6, 6.07) is 4.00. The fourth-order valence-corrected chi connectivity index (χ4v) is 1.41. The predicted octanol–water partition coefficient (Wildman–Crippen LogP) is 0.286. The maximum Gasteiger partial charge on any atom is 0.352 e.